The molecule has 0 spiro atoms. The van der Waals surface area contributed by atoms with E-state index < -0.39 is 0 Å². The minimum Gasteiger partial charge on any atom is -0.341 e. The molecular weight excluding hydrogens is 214 g/mol. The van der Waals surface area contributed by atoms with E-state index in [2.05, 4.69) is 29.0 Å². The van der Waals surface area contributed by atoms with Gasteiger partial charge in [0.1, 0.15) is 0 Å². The summed E-state index contributed by atoms with van der Waals surface area (Å²) >= 11 is 0. The van der Waals surface area contributed by atoms with Crippen LogP contribution in [0.25, 0.3) is 0 Å². The number of amides is 1. The Labute approximate surface area is 104 Å². The SMILES string of the molecule is CC(C)CC(=O)N1CCCN(C2CNC2)CC1. The molecule has 2 saturated heterocycles. The summed E-state index contributed by atoms with van der Waals surface area (Å²) in [6.07, 6.45) is 1.82. The van der Waals surface area contributed by atoms with Crippen molar-refractivity contribution in [1.82, 2.24) is 15.1 Å². The lowest BCUT2D eigenvalue weighted by molar-refractivity contribution is -0.131. The third kappa shape index (κ3) is 3.42. The quantitative estimate of drug-likeness (QED) is 0.781. The predicted molar refractivity (Wildman–Crippen MR) is 68.9 cm³/mol. The van der Waals surface area contributed by atoms with Crippen LogP contribution >= 0.6 is 0 Å². The van der Waals surface area contributed by atoms with Gasteiger partial charge in [-0.25, -0.2) is 0 Å². The molecule has 2 aliphatic rings. The Bertz CT molecular complexity index is 263. The Kier molecular flexibility index (Phi) is 4.40. The van der Waals surface area contributed by atoms with E-state index in [-0.39, 0.29) is 0 Å². The minimum absolute atomic E-state index is 0.341. The molecule has 0 atom stereocenters. The largest absolute Gasteiger partial charge is 0.341 e. The van der Waals surface area contributed by atoms with Gasteiger partial charge in [0.25, 0.3) is 0 Å². The molecule has 0 unspecified atom stereocenters. The van der Waals surface area contributed by atoms with Crippen molar-refractivity contribution in [3.8, 4) is 0 Å². The van der Waals surface area contributed by atoms with Crippen molar-refractivity contribution in [3.63, 3.8) is 0 Å². The number of rotatable bonds is 3. The topological polar surface area (TPSA) is 35.6 Å². The molecule has 0 saturated carbocycles. The van der Waals surface area contributed by atoms with Crippen LogP contribution in [0.1, 0.15) is 26.7 Å². The highest BCUT2D eigenvalue weighted by molar-refractivity contribution is 5.76. The predicted octanol–water partition coefficient (Wildman–Crippen LogP) is 0.539. The van der Waals surface area contributed by atoms with Gasteiger partial charge in [0, 0.05) is 51.7 Å². The average molecular weight is 239 g/mol. The first-order valence-electron chi connectivity index (χ1n) is 6.89. The Hall–Kier alpha value is -0.610. The standard InChI is InChI=1S/C13H25N3O/c1-11(2)8-13(17)16-5-3-4-15(6-7-16)12-9-14-10-12/h11-12,14H,3-10H2,1-2H3. The molecule has 0 aromatic rings. The maximum atomic E-state index is 12.0. The third-order valence-corrected chi connectivity index (χ3v) is 3.74. The molecular formula is C13H25N3O. The van der Waals surface area contributed by atoms with Crippen LogP contribution in [0.2, 0.25) is 0 Å². The Balaban J connectivity index is 1.80. The first-order chi connectivity index (χ1) is 8.16. The summed E-state index contributed by atoms with van der Waals surface area (Å²) in [7, 11) is 0. The van der Waals surface area contributed by atoms with Crippen molar-refractivity contribution < 1.29 is 4.79 Å². The van der Waals surface area contributed by atoms with Crippen LogP contribution in [-0.2, 0) is 4.79 Å². The number of hydrogen-bond acceptors (Lipinski definition) is 3. The van der Waals surface area contributed by atoms with Gasteiger partial charge >= 0.3 is 0 Å². The minimum atomic E-state index is 0.341. The first kappa shape index (κ1) is 12.8. The van der Waals surface area contributed by atoms with E-state index in [0.717, 1.165) is 51.7 Å². The summed E-state index contributed by atoms with van der Waals surface area (Å²) in [5.41, 5.74) is 0. The molecule has 2 fully saturated rings. The Morgan fingerprint density at radius 1 is 1.24 bits per heavy atom. The monoisotopic (exact) mass is 239 g/mol. The van der Waals surface area contributed by atoms with Crippen LogP contribution < -0.4 is 5.32 Å². The van der Waals surface area contributed by atoms with Gasteiger partial charge in [-0.05, 0) is 12.3 Å². The van der Waals surface area contributed by atoms with Gasteiger partial charge in [-0.2, -0.15) is 0 Å². The molecule has 2 rings (SSSR count). The van der Waals surface area contributed by atoms with Crippen molar-refractivity contribution in [2.24, 2.45) is 5.92 Å². The zero-order chi connectivity index (χ0) is 12.3. The second-order valence-electron chi connectivity index (χ2n) is 5.68. The highest BCUT2D eigenvalue weighted by Gasteiger charge is 2.27. The second-order valence-corrected chi connectivity index (χ2v) is 5.68. The van der Waals surface area contributed by atoms with Gasteiger partial charge in [0.15, 0.2) is 0 Å². The van der Waals surface area contributed by atoms with Gasteiger partial charge in [-0.3, -0.25) is 9.69 Å². The van der Waals surface area contributed by atoms with Gasteiger partial charge in [0.2, 0.25) is 5.91 Å². The van der Waals surface area contributed by atoms with E-state index in [0.29, 0.717) is 18.2 Å². The number of nitrogens with zero attached hydrogens (tertiary/aromatic N) is 2. The normalized spacial score (nSPS) is 23.6. The fraction of sp³-hybridized carbons (Fsp3) is 0.923. The number of carbonyl (C=O) groups is 1. The lowest BCUT2D eigenvalue weighted by Crippen LogP contribution is -2.57. The lowest BCUT2D eigenvalue weighted by Gasteiger charge is -2.37. The van der Waals surface area contributed by atoms with Crippen LogP contribution in [0, 0.1) is 5.92 Å². The molecule has 0 aromatic heterocycles. The molecule has 98 valence electrons. The fourth-order valence-corrected chi connectivity index (χ4v) is 2.56. The molecule has 0 radical (unpaired) electrons. The summed E-state index contributed by atoms with van der Waals surface area (Å²) in [6.45, 7) is 10.5. The molecule has 0 aromatic carbocycles. The molecule has 17 heavy (non-hydrogen) atoms. The van der Waals surface area contributed by atoms with Gasteiger partial charge in [-0.1, -0.05) is 13.8 Å². The molecule has 1 N–H and O–H groups in total. The molecule has 4 heteroatoms. The number of nitrogens with one attached hydrogen (secondary N) is 1. The van der Waals surface area contributed by atoms with E-state index in [1.807, 2.05) is 0 Å². The van der Waals surface area contributed by atoms with Crippen molar-refractivity contribution in [3.05, 3.63) is 0 Å². The van der Waals surface area contributed by atoms with Crippen LogP contribution in [0.5, 0.6) is 0 Å². The molecule has 0 aliphatic carbocycles. The van der Waals surface area contributed by atoms with Gasteiger partial charge in [-0.15, -0.1) is 0 Å². The molecule has 2 aliphatic heterocycles. The summed E-state index contributed by atoms with van der Waals surface area (Å²) in [6, 6.07) is 0.718. The van der Waals surface area contributed by atoms with Crippen molar-refractivity contribution >= 4 is 5.91 Å². The highest BCUT2D eigenvalue weighted by Crippen LogP contribution is 2.12. The van der Waals surface area contributed by atoms with Crippen LogP contribution in [0.4, 0.5) is 0 Å². The Morgan fingerprint density at radius 3 is 2.59 bits per heavy atom. The van der Waals surface area contributed by atoms with Gasteiger partial charge < -0.3 is 10.2 Å². The average Bonchev–Trinajstić information content (AvgIpc) is 2.40. The summed E-state index contributed by atoms with van der Waals surface area (Å²) in [5, 5.41) is 3.32. The summed E-state index contributed by atoms with van der Waals surface area (Å²) in [4.78, 5) is 16.6. The maximum absolute atomic E-state index is 12.0. The summed E-state index contributed by atoms with van der Waals surface area (Å²) in [5.74, 6) is 0.811. The fourth-order valence-electron chi connectivity index (χ4n) is 2.56. The van der Waals surface area contributed by atoms with Crippen molar-refractivity contribution in [2.45, 2.75) is 32.7 Å². The lowest BCUT2D eigenvalue weighted by atomic mass is 10.1. The van der Waals surface area contributed by atoms with E-state index in [1.54, 1.807) is 0 Å². The van der Waals surface area contributed by atoms with Gasteiger partial charge in [0.05, 0.1) is 0 Å². The zero-order valence-corrected chi connectivity index (χ0v) is 11.1. The van der Waals surface area contributed by atoms with Crippen LogP contribution in [0.3, 0.4) is 0 Å². The zero-order valence-electron chi connectivity index (χ0n) is 11.1. The highest BCUT2D eigenvalue weighted by atomic mass is 16.2. The van der Waals surface area contributed by atoms with Crippen LogP contribution in [0.15, 0.2) is 0 Å². The van der Waals surface area contributed by atoms with Crippen LogP contribution in [-0.4, -0.2) is 61.0 Å². The Morgan fingerprint density at radius 2 is 2.00 bits per heavy atom. The van der Waals surface area contributed by atoms with E-state index in [4.69, 9.17) is 0 Å². The number of carbonyl (C=O) groups excluding carboxylic acids is 1. The molecule has 2 heterocycles. The third-order valence-electron chi connectivity index (χ3n) is 3.74. The molecule has 4 nitrogen and oxygen atoms in total. The van der Waals surface area contributed by atoms with E-state index in [1.165, 1.54) is 0 Å². The first-order valence-corrected chi connectivity index (χ1v) is 6.89. The maximum Gasteiger partial charge on any atom is 0.222 e. The second kappa shape index (κ2) is 5.83. The van der Waals surface area contributed by atoms with E-state index >= 15 is 0 Å². The summed E-state index contributed by atoms with van der Waals surface area (Å²) < 4.78 is 0. The van der Waals surface area contributed by atoms with Crippen molar-refractivity contribution in [1.29, 1.82) is 0 Å². The molecule has 0 bridgehead atoms. The van der Waals surface area contributed by atoms with E-state index in [9.17, 15) is 4.79 Å². The molecule has 1 amide bonds. The number of hydrogen-bond donors (Lipinski definition) is 1. The van der Waals surface area contributed by atoms with Crippen molar-refractivity contribution in [2.75, 3.05) is 39.3 Å². The smallest absolute Gasteiger partial charge is 0.222 e.